The molecule has 2 N–H and O–H groups in total. The second kappa shape index (κ2) is 16.7. The Labute approximate surface area is 232 Å². The Bertz CT molecular complexity index is 804. The number of nitrogens with one attached hydrogen (secondary N) is 2. The van der Waals surface area contributed by atoms with Crippen LogP contribution in [0, 0.1) is 13.8 Å². The second-order valence-electron chi connectivity index (χ2n) is 9.96. The third kappa shape index (κ3) is 9.98. The largest absolute Gasteiger partial charge is 2.00 e. The molecule has 34 heavy (non-hydrogen) atoms. The van der Waals surface area contributed by atoms with Crippen LogP contribution in [0.4, 0.5) is 11.4 Å². The van der Waals surface area contributed by atoms with Gasteiger partial charge in [0.05, 0.1) is 0 Å². The van der Waals surface area contributed by atoms with Crippen LogP contribution in [0.3, 0.4) is 0 Å². The summed E-state index contributed by atoms with van der Waals surface area (Å²) in [6.45, 7) is 22.1. The van der Waals surface area contributed by atoms with Gasteiger partial charge in [-0.25, -0.2) is 0 Å². The molecule has 2 aromatic rings. The van der Waals surface area contributed by atoms with Crippen LogP contribution < -0.4 is 35.4 Å². The van der Waals surface area contributed by atoms with Gasteiger partial charge in [0.1, 0.15) is 0 Å². The van der Waals surface area contributed by atoms with Gasteiger partial charge in [-0.2, -0.15) is 0 Å². The van der Waals surface area contributed by atoms with Gasteiger partial charge >= 0.3 is 16.8 Å². The van der Waals surface area contributed by atoms with E-state index in [1.54, 1.807) is 0 Å². The van der Waals surface area contributed by atoms with Crippen molar-refractivity contribution in [1.29, 1.82) is 0 Å². The Hall–Kier alpha value is -0.914. The van der Waals surface area contributed by atoms with Crippen LogP contribution in [-0.4, -0.2) is 38.1 Å². The summed E-state index contributed by atoms with van der Waals surface area (Å²) in [4.78, 5) is 2.40. The molecular formula is C28H45Cl2CoN3. The molecule has 0 aliphatic rings. The van der Waals surface area contributed by atoms with Crippen LogP contribution in [0.2, 0.25) is 0 Å². The molecule has 0 bridgehead atoms. The quantitative estimate of drug-likeness (QED) is 0.437. The normalized spacial score (nSPS) is 10.7. The van der Waals surface area contributed by atoms with E-state index in [4.69, 9.17) is 0 Å². The fourth-order valence-electron chi connectivity index (χ4n) is 4.11. The van der Waals surface area contributed by atoms with E-state index in [1.165, 1.54) is 39.2 Å². The number of likely N-dealkylation sites (N-methyl/N-ethyl adjacent to an activating group) is 1. The molecule has 0 heterocycles. The second-order valence-corrected chi connectivity index (χ2v) is 9.96. The van der Waals surface area contributed by atoms with Crippen molar-refractivity contribution in [2.45, 2.75) is 73.1 Å². The van der Waals surface area contributed by atoms with Crippen LogP contribution in [0.5, 0.6) is 0 Å². The number of anilines is 2. The van der Waals surface area contributed by atoms with E-state index in [0.29, 0.717) is 17.8 Å². The Morgan fingerprint density at radius 3 is 1.50 bits per heavy atom. The summed E-state index contributed by atoms with van der Waals surface area (Å²) in [5.41, 5.74) is 9.63. The smallest absolute Gasteiger partial charge is 1.00 e. The van der Waals surface area contributed by atoms with Gasteiger partial charge in [0.15, 0.2) is 0 Å². The Balaban J connectivity index is 0. The van der Waals surface area contributed by atoms with Crippen molar-refractivity contribution in [2.75, 3.05) is 43.9 Å². The van der Waals surface area contributed by atoms with Gasteiger partial charge in [0.2, 0.25) is 0 Å². The minimum absolute atomic E-state index is 0. The predicted molar refractivity (Wildman–Crippen MR) is 139 cm³/mol. The van der Waals surface area contributed by atoms with Crippen LogP contribution in [-0.2, 0) is 16.8 Å². The molecule has 0 aliphatic carbocycles. The minimum atomic E-state index is 0. The topological polar surface area (TPSA) is 27.3 Å². The van der Waals surface area contributed by atoms with E-state index in [0.717, 1.165) is 26.2 Å². The molecule has 3 nitrogen and oxygen atoms in total. The average Bonchev–Trinajstić information content (AvgIpc) is 2.69. The first kappa shape index (κ1) is 35.2. The van der Waals surface area contributed by atoms with E-state index < -0.39 is 0 Å². The van der Waals surface area contributed by atoms with Gasteiger partial charge in [0, 0.05) is 37.6 Å². The number of para-hydroxylation sites is 1. The van der Waals surface area contributed by atoms with Gasteiger partial charge in [-0.15, -0.1) is 0 Å². The van der Waals surface area contributed by atoms with Crippen molar-refractivity contribution in [1.82, 2.24) is 4.90 Å². The van der Waals surface area contributed by atoms with Crippen molar-refractivity contribution in [2.24, 2.45) is 0 Å². The summed E-state index contributed by atoms with van der Waals surface area (Å²) >= 11 is 0. The molecule has 0 atom stereocenters. The van der Waals surface area contributed by atoms with E-state index in [2.05, 4.69) is 108 Å². The molecule has 0 unspecified atom stereocenters. The third-order valence-corrected chi connectivity index (χ3v) is 6.20. The maximum Gasteiger partial charge on any atom is 2.00 e. The first-order valence-electron chi connectivity index (χ1n) is 12.0. The summed E-state index contributed by atoms with van der Waals surface area (Å²) in [5.74, 6) is 1.58. The van der Waals surface area contributed by atoms with Crippen LogP contribution >= 0.6 is 0 Å². The Morgan fingerprint density at radius 1 is 0.706 bits per heavy atom. The standard InChI is InChI=1S/C28H45N3.2ClH.Co/c1-19(2)24-17-25(20(3)4)28(26(18-24)21(5)6)30-14-16-31(9)15-13-29-27-22(7)11-10-12-23(27)8;;;/h10-12,17-21,29-30H,13-16H2,1-9H3;2*1H;/q;;;+2/p-2. The maximum absolute atomic E-state index is 3.81. The monoisotopic (exact) mass is 552 g/mol. The Kier molecular flexibility index (Phi) is 17.3. The molecule has 0 aromatic heterocycles. The average molecular weight is 554 g/mol. The first-order valence-corrected chi connectivity index (χ1v) is 12.0. The van der Waals surface area contributed by atoms with Gasteiger partial charge in [-0.3, -0.25) is 0 Å². The molecule has 0 spiro atoms. The van der Waals surface area contributed by atoms with E-state index in [-0.39, 0.29) is 41.6 Å². The van der Waals surface area contributed by atoms with Crippen molar-refractivity contribution in [3.63, 3.8) is 0 Å². The van der Waals surface area contributed by atoms with Gasteiger partial charge in [-0.05, 0) is 66.5 Å². The van der Waals surface area contributed by atoms with Crippen molar-refractivity contribution in [3.8, 4) is 0 Å². The van der Waals surface area contributed by atoms with E-state index in [1.807, 2.05) is 0 Å². The zero-order chi connectivity index (χ0) is 23.1. The molecule has 1 radical (unpaired) electrons. The summed E-state index contributed by atoms with van der Waals surface area (Å²) in [5, 5.41) is 7.43. The zero-order valence-electron chi connectivity index (χ0n) is 22.5. The summed E-state index contributed by atoms with van der Waals surface area (Å²) < 4.78 is 0. The maximum atomic E-state index is 3.81. The zero-order valence-corrected chi connectivity index (χ0v) is 25.0. The molecule has 0 amide bonds. The molecule has 2 rings (SSSR count). The fraction of sp³-hybridized carbons (Fsp3) is 0.571. The first-order chi connectivity index (χ1) is 14.6. The number of rotatable bonds is 11. The summed E-state index contributed by atoms with van der Waals surface area (Å²) in [7, 11) is 2.21. The molecule has 195 valence electrons. The SMILES string of the molecule is Cc1cccc(C)c1NCCN(C)CCNc1c(C(C)C)cc(C(C)C)cc1C(C)C.[Cl-].[Cl-].[Co+2]. The van der Waals surface area contributed by atoms with Crippen molar-refractivity contribution < 1.29 is 41.6 Å². The van der Waals surface area contributed by atoms with Crippen molar-refractivity contribution >= 4 is 11.4 Å². The summed E-state index contributed by atoms with van der Waals surface area (Å²) in [6, 6.07) is 11.3. The molecule has 6 heteroatoms. The number of aryl methyl sites for hydroxylation is 2. The number of hydrogen-bond donors (Lipinski definition) is 2. The van der Waals surface area contributed by atoms with Gasteiger partial charge < -0.3 is 40.3 Å². The van der Waals surface area contributed by atoms with Crippen molar-refractivity contribution in [3.05, 3.63) is 58.1 Å². The predicted octanol–water partition coefficient (Wildman–Crippen LogP) is 1.13. The van der Waals surface area contributed by atoms with E-state index in [9.17, 15) is 0 Å². The van der Waals surface area contributed by atoms with Crippen LogP contribution in [0.1, 0.15) is 87.1 Å². The molecule has 0 aliphatic heterocycles. The molecule has 2 aromatic carbocycles. The van der Waals surface area contributed by atoms with E-state index >= 15 is 0 Å². The molecular weight excluding hydrogens is 508 g/mol. The number of hydrogen-bond acceptors (Lipinski definition) is 3. The molecule has 0 saturated heterocycles. The van der Waals surface area contributed by atoms with Gasteiger partial charge in [0.25, 0.3) is 0 Å². The van der Waals surface area contributed by atoms with Crippen LogP contribution in [0.15, 0.2) is 30.3 Å². The number of benzene rings is 2. The Morgan fingerprint density at radius 2 is 1.12 bits per heavy atom. The fourth-order valence-corrected chi connectivity index (χ4v) is 4.11. The molecule has 0 fully saturated rings. The van der Waals surface area contributed by atoms with Crippen LogP contribution in [0.25, 0.3) is 0 Å². The number of halogens is 2. The van der Waals surface area contributed by atoms with Gasteiger partial charge in [-0.1, -0.05) is 71.9 Å². The summed E-state index contributed by atoms with van der Waals surface area (Å²) in [6.07, 6.45) is 0. The molecule has 0 saturated carbocycles. The third-order valence-electron chi connectivity index (χ3n) is 6.20. The number of nitrogens with zero attached hydrogens (tertiary/aromatic N) is 1. The minimum Gasteiger partial charge on any atom is -1.00 e.